The lowest BCUT2D eigenvalue weighted by Crippen LogP contribution is -2.15. The number of hydrogen-bond acceptors (Lipinski definition) is 10. The molecule has 1 aromatic heterocycles. The van der Waals surface area contributed by atoms with Crippen LogP contribution in [0.3, 0.4) is 0 Å². The number of methoxy groups -OCH3 is 1. The molecule has 0 atom stereocenters. The molecular formula is C18H23FN6O4S. The van der Waals surface area contributed by atoms with Gasteiger partial charge in [0.25, 0.3) is 0 Å². The lowest BCUT2D eigenvalue weighted by Gasteiger charge is -2.13. The number of benzene rings is 1. The first-order valence-electron chi connectivity index (χ1n) is 8.73. The Balaban J connectivity index is 2.20. The second kappa shape index (κ2) is 10.5. The Labute approximate surface area is 173 Å². The van der Waals surface area contributed by atoms with E-state index in [1.54, 1.807) is 0 Å². The number of nitrogens with one attached hydrogen (secondary N) is 4. The summed E-state index contributed by atoms with van der Waals surface area (Å²) in [6, 6.07) is 4.40. The fraction of sp³-hybridized carbons (Fsp3) is 0.278. The third kappa shape index (κ3) is 6.39. The Hall–Kier alpha value is -3.25. The van der Waals surface area contributed by atoms with Crippen LogP contribution in [0.1, 0.15) is 5.56 Å². The minimum absolute atomic E-state index is 0.0382. The SMILES string of the molecule is COc1ccc(S(C)(=O)=O)cc1CNc1nc(N/C(C=N)=C/NCCO)ncc1F. The number of hydrogen-bond donors (Lipinski definition) is 5. The molecule has 12 heteroatoms. The Morgan fingerprint density at radius 1 is 1.40 bits per heavy atom. The van der Waals surface area contributed by atoms with Gasteiger partial charge in [-0.15, -0.1) is 0 Å². The van der Waals surface area contributed by atoms with Crippen LogP contribution in [0.15, 0.2) is 41.2 Å². The molecule has 2 aromatic rings. The minimum Gasteiger partial charge on any atom is -0.496 e. The molecule has 0 aliphatic carbocycles. The quantitative estimate of drug-likeness (QED) is 0.257. The van der Waals surface area contributed by atoms with Gasteiger partial charge in [0, 0.05) is 37.3 Å². The Morgan fingerprint density at radius 2 is 2.17 bits per heavy atom. The molecule has 1 aromatic carbocycles. The summed E-state index contributed by atoms with van der Waals surface area (Å²) >= 11 is 0. The first-order chi connectivity index (χ1) is 14.3. The summed E-state index contributed by atoms with van der Waals surface area (Å²) in [5.74, 6) is -0.354. The van der Waals surface area contributed by atoms with Crippen molar-refractivity contribution in [3.05, 3.63) is 47.7 Å². The van der Waals surface area contributed by atoms with Gasteiger partial charge in [0.05, 0.1) is 30.5 Å². The topological polar surface area (TPSA) is 149 Å². The molecule has 0 saturated carbocycles. The maximum Gasteiger partial charge on any atom is 0.229 e. The van der Waals surface area contributed by atoms with Gasteiger partial charge in [-0.3, -0.25) is 0 Å². The fourth-order valence-electron chi connectivity index (χ4n) is 2.34. The van der Waals surface area contributed by atoms with Crippen LogP contribution in [0.4, 0.5) is 16.2 Å². The zero-order chi connectivity index (χ0) is 22.1. The van der Waals surface area contributed by atoms with E-state index < -0.39 is 15.7 Å². The molecule has 0 amide bonds. The van der Waals surface area contributed by atoms with E-state index >= 15 is 0 Å². The summed E-state index contributed by atoms with van der Waals surface area (Å²) < 4.78 is 43.0. The number of halogens is 1. The van der Waals surface area contributed by atoms with Gasteiger partial charge in [-0.05, 0) is 18.2 Å². The van der Waals surface area contributed by atoms with E-state index in [9.17, 15) is 12.8 Å². The lowest BCUT2D eigenvalue weighted by molar-refractivity contribution is 0.298. The van der Waals surface area contributed by atoms with Crippen molar-refractivity contribution in [1.82, 2.24) is 15.3 Å². The number of rotatable bonds is 11. The maximum atomic E-state index is 14.1. The molecule has 0 spiro atoms. The second-order valence-corrected chi connectivity index (χ2v) is 8.05. The summed E-state index contributed by atoms with van der Waals surface area (Å²) in [5, 5.41) is 24.5. The number of aliphatic hydroxyl groups is 1. The third-order valence-corrected chi connectivity index (χ3v) is 4.91. The van der Waals surface area contributed by atoms with Gasteiger partial charge in [-0.2, -0.15) is 4.98 Å². The van der Waals surface area contributed by atoms with E-state index in [1.165, 1.54) is 31.5 Å². The molecule has 0 aliphatic heterocycles. The molecule has 30 heavy (non-hydrogen) atoms. The van der Waals surface area contributed by atoms with Crippen LogP contribution in [0.5, 0.6) is 5.75 Å². The van der Waals surface area contributed by atoms with Crippen molar-refractivity contribution in [2.75, 3.05) is 37.2 Å². The van der Waals surface area contributed by atoms with Gasteiger partial charge >= 0.3 is 0 Å². The maximum absolute atomic E-state index is 14.1. The second-order valence-electron chi connectivity index (χ2n) is 6.04. The number of aromatic nitrogens is 2. The van der Waals surface area contributed by atoms with Gasteiger partial charge in [0.2, 0.25) is 5.95 Å². The van der Waals surface area contributed by atoms with Crippen molar-refractivity contribution in [3.63, 3.8) is 0 Å². The predicted octanol–water partition coefficient (Wildman–Crippen LogP) is 1.12. The molecule has 2 rings (SSSR count). The van der Waals surface area contributed by atoms with Gasteiger partial charge < -0.3 is 31.2 Å². The predicted molar refractivity (Wildman–Crippen MR) is 111 cm³/mol. The third-order valence-electron chi connectivity index (χ3n) is 3.80. The Morgan fingerprint density at radius 3 is 2.80 bits per heavy atom. The van der Waals surface area contributed by atoms with E-state index in [4.69, 9.17) is 15.3 Å². The molecule has 0 bridgehead atoms. The zero-order valence-corrected chi connectivity index (χ0v) is 17.3. The van der Waals surface area contributed by atoms with Crippen LogP contribution in [-0.4, -0.2) is 56.2 Å². The van der Waals surface area contributed by atoms with Crippen molar-refractivity contribution in [3.8, 4) is 5.75 Å². The number of allylic oxidation sites excluding steroid dienone is 1. The zero-order valence-electron chi connectivity index (χ0n) is 16.4. The van der Waals surface area contributed by atoms with Crippen LogP contribution in [0, 0.1) is 11.2 Å². The molecule has 162 valence electrons. The fourth-order valence-corrected chi connectivity index (χ4v) is 3.02. The van der Waals surface area contributed by atoms with E-state index in [0.717, 1.165) is 18.7 Å². The van der Waals surface area contributed by atoms with Crippen LogP contribution >= 0.6 is 0 Å². The average molecular weight is 438 g/mol. The minimum atomic E-state index is -3.42. The molecule has 5 N–H and O–H groups in total. The highest BCUT2D eigenvalue weighted by Crippen LogP contribution is 2.24. The molecule has 0 unspecified atom stereocenters. The normalized spacial score (nSPS) is 11.7. The van der Waals surface area contributed by atoms with E-state index in [-0.39, 0.29) is 29.8 Å². The monoisotopic (exact) mass is 438 g/mol. The van der Waals surface area contributed by atoms with Crippen LogP contribution < -0.4 is 20.7 Å². The van der Waals surface area contributed by atoms with Gasteiger partial charge in [-0.25, -0.2) is 17.8 Å². The number of nitrogens with zero attached hydrogens (tertiary/aromatic N) is 2. The first kappa shape index (κ1) is 23.0. The average Bonchev–Trinajstić information content (AvgIpc) is 2.72. The number of ether oxygens (including phenoxy) is 1. The molecule has 0 aliphatic rings. The highest BCUT2D eigenvalue weighted by atomic mass is 32.2. The molecule has 0 fully saturated rings. The molecule has 0 radical (unpaired) electrons. The summed E-state index contributed by atoms with van der Waals surface area (Å²) in [7, 11) is -1.97. The summed E-state index contributed by atoms with van der Waals surface area (Å²) in [6.45, 7) is 0.266. The molecule has 1 heterocycles. The van der Waals surface area contributed by atoms with Gasteiger partial charge in [0.15, 0.2) is 21.5 Å². The van der Waals surface area contributed by atoms with Crippen LogP contribution in [0.25, 0.3) is 0 Å². The van der Waals surface area contributed by atoms with E-state index in [2.05, 4.69) is 25.9 Å². The molecule has 10 nitrogen and oxygen atoms in total. The van der Waals surface area contributed by atoms with Crippen molar-refractivity contribution in [2.24, 2.45) is 0 Å². The Bertz CT molecular complexity index is 1030. The number of aliphatic hydroxyl groups excluding tert-OH is 1. The van der Waals surface area contributed by atoms with Crippen molar-refractivity contribution in [1.29, 1.82) is 5.41 Å². The summed E-state index contributed by atoms with van der Waals surface area (Å²) in [6.07, 6.45) is 4.51. The van der Waals surface area contributed by atoms with Gasteiger partial charge in [-0.1, -0.05) is 0 Å². The Kier molecular flexibility index (Phi) is 8.07. The van der Waals surface area contributed by atoms with E-state index in [1.807, 2.05) is 0 Å². The van der Waals surface area contributed by atoms with E-state index in [0.29, 0.717) is 23.6 Å². The largest absolute Gasteiger partial charge is 0.496 e. The van der Waals surface area contributed by atoms with Crippen LogP contribution in [0.2, 0.25) is 0 Å². The van der Waals surface area contributed by atoms with Crippen molar-refractivity contribution >= 4 is 27.8 Å². The summed E-state index contributed by atoms with van der Waals surface area (Å²) in [5.41, 5.74) is 0.796. The van der Waals surface area contributed by atoms with Crippen LogP contribution in [-0.2, 0) is 16.4 Å². The first-order valence-corrected chi connectivity index (χ1v) is 10.6. The number of anilines is 2. The lowest BCUT2D eigenvalue weighted by atomic mass is 10.2. The smallest absolute Gasteiger partial charge is 0.229 e. The molecular weight excluding hydrogens is 415 g/mol. The van der Waals surface area contributed by atoms with Gasteiger partial charge in [0.1, 0.15) is 5.75 Å². The summed E-state index contributed by atoms with van der Waals surface area (Å²) in [4.78, 5) is 7.98. The standard InChI is InChI=1S/C18H23FN6O4S/c1-29-16-4-3-14(30(2,27)28)7-12(16)9-22-17-15(19)11-23-18(25-17)24-13(8-20)10-21-5-6-26/h3-4,7-8,10-11,20-21,26H,5-6,9H2,1-2H3,(H2,22,23,24,25)/b13-10+,20-8?. The van der Waals surface area contributed by atoms with Crippen molar-refractivity contribution < 1.29 is 22.7 Å². The molecule has 0 saturated heterocycles. The number of sulfone groups is 1. The highest BCUT2D eigenvalue weighted by molar-refractivity contribution is 7.90. The highest BCUT2D eigenvalue weighted by Gasteiger charge is 2.13. The van der Waals surface area contributed by atoms with Crippen molar-refractivity contribution in [2.45, 2.75) is 11.4 Å².